The molecule has 0 aliphatic heterocycles. The van der Waals surface area contributed by atoms with Gasteiger partial charge in [-0.25, -0.2) is 0 Å². The van der Waals surface area contributed by atoms with E-state index in [-0.39, 0.29) is 5.76 Å². The molecule has 0 atom stereocenters. The van der Waals surface area contributed by atoms with Crippen LogP contribution in [-0.2, 0) is 14.3 Å². The van der Waals surface area contributed by atoms with Crippen LogP contribution >= 0.6 is 0 Å². The van der Waals surface area contributed by atoms with E-state index in [0.717, 1.165) is 0 Å². The maximum atomic E-state index is 10.1. The summed E-state index contributed by atoms with van der Waals surface area (Å²) in [5.74, 6) is 0.240. The molecule has 0 saturated carbocycles. The number of carbonyl (C=O) groups excluding carboxylic acids is 1. The minimum atomic E-state index is 0.240. The number of ether oxygens (including phenoxy) is 2. The Labute approximate surface area is 60.6 Å². The molecular formula is C7H12O3. The SMILES string of the molecule is CCOC=C(C=O)OCC. The van der Waals surface area contributed by atoms with Crippen molar-refractivity contribution in [2.24, 2.45) is 0 Å². The molecule has 0 rings (SSSR count). The van der Waals surface area contributed by atoms with Gasteiger partial charge in [-0.15, -0.1) is 0 Å². The fourth-order valence-corrected chi connectivity index (χ4v) is 0.428. The van der Waals surface area contributed by atoms with Crippen LogP contribution in [0.15, 0.2) is 12.0 Å². The first kappa shape index (κ1) is 9.01. The van der Waals surface area contributed by atoms with E-state index in [9.17, 15) is 4.79 Å². The standard InChI is InChI=1S/C7H12O3/c1-3-9-6-7(5-8)10-4-2/h5-6H,3-4H2,1-2H3. The van der Waals surface area contributed by atoms with Crippen LogP contribution in [0.1, 0.15) is 13.8 Å². The highest BCUT2D eigenvalue weighted by molar-refractivity contribution is 5.69. The molecule has 0 saturated heterocycles. The molecule has 3 heteroatoms. The van der Waals surface area contributed by atoms with Crippen molar-refractivity contribution in [1.82, 2.24) is 0 Å². The minimum absolute atomic E-state index is 0.240. The smallest absolute Gasteiger partial charge is 0.193 e. The summed E-state index contributed by atoms with van der Waals surface area (Å²) in [6, 6.07) is 0. The normalized spacial score (nSPS) is 10.8. The van der Waals surface area contributed by atoms with Crippen molar-refractivity contribution in [2.45, 2.75) is 13.8 Å². The zero-order valence-electron chi connectivity index (χ0n) is 6.29. The van der Waals surface area contributed by atoms with Crippen molar-refractivity contribution in [2.75, 3.05) is 13.2 Å². The van der Waals surface area contributed by atoms with E-state index in [1.54, 1.807) is 0 Å². The molecule has 58 valence electrons. The van der Waals surface area contributed by atoms with Crippen molar-refractivity contribution in [1.29, 1.82) is 0 Å². The van der Waals surface area contributed by atoms with E-state index in [0.29, 0.717) is 19.5 Å². The number of hydrogen-bond acceptors (Lipinski definition) is 3. The first-order valence-corrected chi connectivity index (χ1v) is 3.24. The predicted molar refractivity (Wildman–Crippen MR) is 37.4 cm³/mol. The molecule has 0 aliphatic rings. The fraction of sp³-hybridized carbons (Fsp3) is 0.571. The molecule has 0 aromatic heterocycles. The minimum Gasteiger partial charge on any atom is -0.497 e. The van der Waals surface area contributed by atoms with Gasteiger partial charge in [-0.05, 0) is 13.8 Å². The lowest BCUT2D eigenvalue weighted by atomic mass is 10.6. The van der Waals surface area contributed by atoms with Crippen molar-refractivity contribution < 1.29 is 14.3 Å². The molecule has 0 aromatic carbocycles. The van der Waals surface area contributed by atoms with Gasteiger partial charge in [0.2, 0.25) is 0 Å². The highest BCUT2D eigenvalue weighted by atomic mass is 16.5. The molecule has 10 heavy (non-hydrogen) atoms. The second-order valence-corrected chi connectivity index (χ2v) is 1.53. The first-order chi connectivity index (χ1) is 4.85. The summed E-state index contributed by atoms with van der Waals surface area (Å²) in [6.45, 7) is 4.68. The van der Waals surface area contributed by atoms with Crippen molar-refractivity contribution in [3.8, 4) is 0 Å². The predicted octanol–water partition coefficient (Wildman–Crippen LogP) is 1.10. The number of rotatable bonds is 5. The van der Waals surface area contributed by atoms with Crippen LogP contribution in [0.3, 0.4) is 0 Å². The highest BCUT2D eigenvalue weighted by Gasteiger charge is 1.91. The molecule has 0 amide bonds. The number of hydrogen-bond donors (Lipinski definition) is 0. The van der Waals surface area contributed by atoms with E-state index in [1.165, 1.54) is 6.26 Å². The molecule has 0 aromatic rings. The van der Waals surface area contributed by atoms with E-state index in [4.69, 9.17) is 9.47 Å². The Bertz CT molecular complexity index is 118. The molecule has 0 fully saturated rings. The van der Waals surface area contributed by atoms with E-state index >= 15 is 0 Å². The average Bonchev–Trinajstić information content (AvgIpc) is 1.98. The summed E-state index contributed by atoms with van der Waals surface area (Å²) in [4.78, 5) is 10.1. The van der Waals surface area contributed by atoms with Gasteiger partial charge in [0.1, 0.15) is 6.26 Å². The van der Waals surface area contributed by atoms with Crippen LogP contribution in [0.25, 0.3) is 0 Å². The summed E-state index contributed by atoms with van der Waals surface area (Å²) < 4.78 is 9.68. The Morgan fingerprint density at radius 1 is 1.40 bits per heavy atom. The van der Waals surface area contributed by atoms with Gasteiger partial charge in [-0.1, -0.05) is 0 Å². The van der Waals surface area contributed by atoms with Crippen LogP contribution in [0.4, 0.5) is 0 Å². The van der Waals surface area contributed by atoms with Gasteiger partial charge in [0.25, 0.3) is 0 Å². The fourth-order valence-electron chi connectivity index (χ4n) is 0.428. The van der Waals surface area contributed by atoms with Gasteiger partial charge >= 0.3 is 0 Å². The second-order valence-electron chi connectivity index (χ2n) is 1.53. The maximum Gasteiger partial charge on any atom is 0.193 e. The largest absolute Gasteiger partial charge is 0.497 e. The lowest BCUT2D eigenvalue weighted by Gasteiger charge is -2.00. The van der Waals surface area contributed by atoms with Crippen LogP contribution in [-0.4, -0.2) is 19.5 Å². The van der Waals surface area contributed by atoms with Crippen LogP contribution in [0.5, 0.6) is 0 Å². The lowest BCUT2D eigenvalue weighted by Crippen LogP contribution is -1.94. The quantitative estimate of drug-likeness (QED) is 0.329. The molecular weight excluding hydrogens is 132 g/mol. The highest BCUT2D eigenvalue weighted by Crippen LogP contribution is 1.92. The third kappa shape index (κ3) is 3.95. The summed E-state index contributed by atoms with van der Waals surface area (Å²) in [6.07, 6.45) is 1.94. The molecule has 0 heterocycles. The molecule has 0 radical (unpaired) electrons. The van der Waals surface area contributed by atoms with Gasteiger partial charge in [-0.3, -0.25) is 4.79 Å². The summed E-state index contributed by atoms with van der Waals surface area (Å²) in [7, 11) is 0. The molecule has 0 bridgehead atoms. The van der Waals surface area contributed by atoms with Crippen LogP contribution in [0.2, 0.25) is 0 Å². The molecule has 0 N–H and O–H groups in total. The summed E-state index contributed by atoms with van der Waals surface area (Å²) >= 11 is 0. The van der Waals surface area contributed by atoms with Crippen LogP contribution in [0, 0.1) is 0 Å². The van der Waals surface area contributed by atoms with Gasteiger partial charge < -0.3 is 9.47 Å². The van der Waals surface area contributed by atoms with Crippen molar-refractivity contribution in [3.63, 3.8) is 0 Å². The average molecular weight is 144 g/mol. The number of carbonyl (C=O) groups is 1. The molecule has 0 unspecified atom stereocenters. The van der Waals surface area contributed by atoms with Crippen molar-refractivity contribution >= 4 is 6.29 Å². The Kier molecular flexibility index (Phi) is 5.53. The van der Waals surface area contributed by atoms with Crippen molar-refractivity contribution in [3.05, 3.63) is 12.0 Å². The van der Waals surface area contributed by atoms with Crippen LogP contribution < -0.4 is 0 Å². The monoisotopic (exact) mass is 144 g/mol. The molecule has 0 aliphatic carbocycles. The lowest BCUT2D eigenvalue weighted by molar-refractivity contribution is -0.108. The molecule has 3 nitrogen and oxygen atoms in total. The van der Waals surface area contributed by atoms with E-state index < -0.39 is 0 Å². The number of aldehydes is 1. The zero-order valence-corrected chi connectivity index (χ0v) is 6.29. The van der Waals surface area contributed by atoms with E-state index in [2.05, 4.69) is 0 Å². The first-order valence-electron chi connectivity index (χ1n) is 3.24. The van der Waals surface area contributed by atoms with Gasteiger partial charge in [0, 0.05) is 0 Å². The topological polar surface area (TPSA) is 35.5 Å². The van der Waals surface area contributed by atoms with Gasteiger partial charge in [0.05, 0.1) is 13.2 Å². The molecule has 0 spiro atoms. The summed E-state index contributed by atoms with van der Waals surface area (Å²) in [5, 5.41) is 0. The Balaban J connectivity index is 3.66. The number of allylic oxidation sites excluding steroid dienone is 1. The zero-order chi connectivity index (χ0) is 7.82. The maximum absolute atomic E-state index is 10.1. The Morgan fingerprint density at radius 2 is 2.10 bits per heavy atom. The van der Waals surface area contributed by atoms with Gasteiger partial charge in [-0.2, -0.15) is 0 Å². The van der Waals surface area contributed by atoms with Gasteiger partial charge in [0.15, 0.2) is 12.0 Å². The Morgan fingerprint density at radius 3 is 2.50 bits per heavy atom. The second kappa shape index (κ2) is 6.13. The third-order valence-electron chi connectivity index (χ3n) is 0.793. The summed E-state index contributed by atoms with van der Waals surface area (Å²) in [5.41, 5.74) is 0. The Hall–Kier alpha value is -0.990. The third-order valence-corrected chi connectivity index (χ3v) is 0.793. The van der Waals surface area contributed by atoms with E-state index in [1.807, 2.05) is 13.8 Å².